The Labute approximate surface area is 169 Å². The van der Waals surface area contributed by atoms with Crippen LogP contribution >= 0.6 is 0 Å². The molecule has 0 spiro atoms. The Morgan fingerprint density at radius 1 is 1.17 bits per heavy atom. The van der Waals surface area contributed by atoms with Crippen LogP contribution in [0.3, 0.4) is 0 Å². The molecule has 0 radical (unpaired) electrons. The first-order chi connectivity index (χ1) is 13.6. The average Bonchev–Trinajstić information content (AvgIpc) is 2.69. The number of sulfone groups is 1. The molecular formula is C19H27F3N2O4S. The summed E-state index contributed by atoms with van der Waals surface area (Å²) in [4.78, 5) is 13.9. The SMILES string of the molecule is COCCS(=O)(=O)CCC(=O)N1CCC([C@H](N)Cc2cc(F)c(F)cc2F)CC1. The Morgan fingerprint density at radius 2 is 1.79 bits per heavy atom. The summed E-state index contributed by atoms with van der Waals surface area (Å²) >= 11 is 0. The van der Waals surface area contributed by atoms with Crippen molar-refractivity contribution in [3.63, 3.8) is 0 Å². The van der Waals surface area contributed by atoms with Crippen LogP contribution in [0.25, 0.3) is 0 Å². The molecule has 1 heterocycles. The first-order valence-electron chi connectivity index (χ1n) is 9.49. The summed E-state index contributed by atoms with van der Waals surface area (Å²) in [7, 11) is -1.92. The highest BCUT2D eigenvalue weighted by molar-refractivity contribution is 7.91. The molecular weight excluding hydrogens is 409 g/mol. The number of benzene rings is 1. The highest BCUT2D eigenvalue weighted by Gasteiger charge is 2.28. The van der Waals surface area contributed by atoms with Crippen molar-refractivity contribution in [3.8, 4) is 0 Å². The van der Waals surface area contributed by atoms with Crippen LogP contribution in [0, 0.1) is 23.4 Å². The van der Waals surface area contributed by atoms with Crippen LogP contribution in [-0.2, 0) is 25.8 Å². The molecule has 1 aliphatic heterocycles. The van der Waals surface area contributed by atoms with Crippen LogP contribution < -0.4 is 5.73 Å². The molecule has 1 aliphatic rings. The molecule has 1 amide bonds. The van der Waals surface area contributed by atoms with Crippen LogP contribution in [0.15, 0.2) is 12.1 Å². The number of hydrogen-bond acceptors (Lipinski definition) is 5. The van der Waals surface area contributed by atoms with E-state index in [2.05, 4.69) is 0 Å². The van der Waals surface area contributed by atoms with Gasteiger partial charge in [-0.2, -0.15) is 0 Å². The van der Waals surface area contributed by atoms with Gasteiger partial charge in [0.2, 0.25) is 5.91 Å². The van der Waals surface area contributed by atoms with E-state index in [0.717, 1.165) is 6.07 Å². The molecule has 10 heteroatoms. The zero-order valence-corrected chi connectivity index (χ0v) is 17.2. The standard InChI is InChI=1S/C19H27F3N2O4S/c1-28-7-9-29(26,27)8-4-19(25)24-5-2-13(3-6-24)18(23)11-14-10-16(21)17(22)12-15(14)20/h10,12-13,18H,2-9,11,23H2,1H3/t18-/m1/s1. The molecule has 29 heavy (non-hydrogen) atoms. The van der Waals surface area contributed by atoms with Gasteiger partial charge in [0.15, 0.2) is 21.5 Å². The van der Waals surface area contributed by atoms with Crippen molar-refractivity contribution in [2.24, 2.45) is 11.7 Å². The van der Waals surface area contributed by atoms with Crippen LogP contribution in [0.1, 0.15) is 24.8 Å². The number of hydrogen-bond donors (Lipinski definition) is 1. The van der Waals surface area contributed by atoms with E-state index in [1.165, 1.54) is 7.11 Å². The largest absolute Gasteiger partial charge is 0.384 e. The van der Waals surface area contributed by atoms with Crippen LogP contribution in [0.5, 0.6) is 0 Å². The molecule has 1 fully saturated rings. The van der Waals surface area contributed by atoms with Crippen molar-refractivity contribution in [1.82, 2.24) is 4.90 Å². The van der Waals surface area contributed by atoms with Gasteiger partial charge in [0.05, 0.1) is 18.1 Å². The third-order valence-electron chi connectivity index (χ3n) is 5.27. The number of likely N-dealkylation sites (tertiary alicyclic amines) is 1. The Bertz CT molecular complexity index is 812. The number of nitrogens with two attached hydrogens (primary N) is 1. The fraction of sp³-hybridized carbons (Fsp3) is 0.632. The zero-order chi connectivity index (χ0) is 21.6. The molecule has 1 aromatic rings. The summed E-state index contributed by atoms with van der Waals surface area (Å²) in [5.74, 6) is -3.76. The molecule has 0 aromatic heterocycles. The van der Waals surface area contributed by atoms with Crippen molar-refractivity contribution in [1.29, 1.82) is 0 Å². The number of methoxy groups -OCH3 is 1. The van der Waals surface area contributed by atoms with Gasteiger partial charge >= 0.3 is 0 Å². The minimum Gasteiger partial charge on any atom is -0.384 e. The molecule has 2 N–H and O–H groups in total. The molecule has 0 unspecified atom stereocenters. The van der Waals surface area contributed by atoms with E-state index in [1.807, 2.05) is 0 Å². The summed E-state index contributed by atoms with van der Waals surface area (Å²) in [6.07, 6.45) is 1.14. The van der Waals surface area contributed by atoms with Crippen molar-refractivity contribution in [3.05, 3.63) is 35.1 Å². The summed E-state index contributed by atoms with van der Waals surface area (Å²) in [6, 6.07) is 0.882. The maximum atomic E-state index is 13.8. The van der Waals surface area contributed by atoms with Crippen molar-refractivity contribution in [2.45, 2.75) is 31.7 Å². The molecule has 1 saturated heterocycles. The maximum Gasteiger partial charge on any atom is 0.223 e. The third kappa shape index (κ3) is 6.97. The van der Waals surface area contributed by atoms with Crippen LogP contribution in [0.4, 0.5) is 13.2 Å². The molecule has 164 valence electrons. The molecule has 0 aliphatic carbocycles. The van der Waals surface area contributed by atoms with Gasteiger partial charge in [0.1, 0.15) is 5.82 Å². The maximum absolute atomic E-state index is 13.8. The number of carbonyl (C=O) groups is 1. The third-order valence-corrected chi connectivity index (χ3v) is 6.88. The summed E-state index contributed by atoms with van der Waals surface area (Å²) in [5.41, 5.74) is 6.17. The Kier molecular flexibility index (Phi) is 8.47. The number of piperidine rings is 1. The normalized spacial score (nSPS) is 16.8. The topological polar surface area (TPSA) is 89.7 Å². The lowest BCUT2D eigenvalue weighted by Gasteiger charge is -2.35. The van der Waals surface area contributed by atoms with Gasteiger partial charge in [0.25, 0.3) is 0 Å². The van der Waals surface area contributed by atoms with Crippen LogP contribution in [0.2, 0.25) is 0 Å². The molecule has 2 rings (SSSR count). The minimum atomic E-state index is -3.33. The number of amides is 1. The van der Waals surface area contributed by atoms with E-state index in [1.54, 1.807) is 4.90 Å². The van der Waals surface area contributed by atoms with E-state index >= 15 is 0 Å². The van der Waals surface area contributed by atoms with E-state index in [9.17, 15) is 26.4 Å². The summed E-state index contributed by atoms with van der Waals surface area (Å²) in [5, 5.41) is 0. The van der Waals surface area contributed by atoms with Gasteiger partial charge in [-0.1, -0.05) is 0 Å². The first-order valence-corrected chi connectivity index (χ1v) is 11.3. The van der Waals surface area contributed by atoms with E-state index in [4.69, 9.17) is 10.5 Å². The summed E-state index contributed by atoms with van der Waals surface area (Å²) in [6.45, 7) is 0.948. The first kappa shape index (κ1) is 23.6. The molecule has 6 nitrogen and oxygen atoms in total. The number of nitrogens with zero attached hydrogens (tertiary/aromatic N) is 1. The Balaban J connectivity index is 1.82. The van der Waals surface area contributed by atoms with Crippen molar-refractivity contribution >= 4 is 15.7 Å². The number of halogens is 3. The van der Waals surface area contributed by atoms with Gasteiger partial charge in [-0.25, -0.2) is 21.6 Å². The molecule has 1 atom stereocenters. The lowest BCUT2D eigenvalue weighted by atomic mass is 9.86. The van der Waals surface area contributed by atoms with E-state index in [-0.39, 0.29) is 48.3 Å². The van der Waals surface area contributed by atoms with Crippen LogP contribution in [-0.4, -0.2) is 63.6 Å². The second kappa shape index (κ2) is 10.4. The van der Waals surface area contributed by atoms with Gasteiger partial charge in [0, 0.05) is 38.7 Å². The second-order valence-electron chi connectivity index (χ2n) is 7.34. The Morgan fingerprint density at radius 3 is 2.41 bits per heavy atom. The molecule has 0 saturated carbocycles. The summed E-state index contributed by atoms with van der Waals surface area (Å²) < 4.78 is 68.6. The minimum absolute atomic E-state index is 0.00278. The lowest BCUT2D eigenvalue weighted by molar-refractivity contribution is -0.132. The van der Waals surface area contributed by atoms with Crippen molar-refractivity contribution in [2.75, 3.05) is 38.3 Å². The second-order valence-corrected chi connectivity index (χ2v) is 9.64. The van der Waals surface area contributed by atoms with Gasteiger partial charge in [-0.15, -0.1) is 0 Å². The number of rotatable bonds is 9. The van der Waals surface area contributed by atoms with Gasteiger partial charge in [-0.05, 0) is 36.8 Å². The average molecular weight is 436 g/mol. The smallest absolute Gasteiger partial charge is 0.223 e. The Hall–Kier alpha value is -1.65. The van der Waals surface area contributed by atoms with Gasteiger partial charge < -0.3 is 15.4 Å². The van der Waals surface area contributed by atoms with Crippen molar-refractivity contribution < 1.29 is 31.1 Å². The predicted octanol–water partition coefficient (Wildman–Crippen LogP) is 1.66. The number of carbonyl (C=O) groups excluding carboxylic acids is 1. The fourth-order valence-corrected chi connectivity index (χ4v) is 4.54. The molecule has 0 bridgehead atoms. The molecule has 1 aromatic carbocycles. The van der Waals surface area contributed by atoms with Gasteiger partial charge in [-0.3, -0.25) is 4.79 Å². The zero-order valence-electron chi connectivity index (χ0n) is 16.4. The lowest BCUT2D eigenvalue weighted by Crippen LogP contribution is -2.44. The van der Waals surface area contributed by atoms with E-state index < -0.39 is 33.3 Å². The highest BCUT2D eigenvalue weighted by atomic mass is 32.2. The quantitative estimate of drug-likeness (QED) is 0.595. The predicted molar refractivity (Wildman–Crippen MR) is 102 cm³/mol. The van der Waals surface area contributed by atoms with E-state index in [0.29, 0.717) is 32.0 Å². The monoisotopic (exact) mass is 436 g/mol. The highest BCUT2D eigenvalue weighted by Crippen LogP contribution is 2.24. The fourth-order valence-electron chi connectivity index (χ4n) is 3.43. The number of ether oxygens (including phenoxy) is 1.